The zero-order valence-corrected chi connectivity index (χ0v) is 19.4. The second kappa shape index (κ2) is 10.9. The smallest absolute Gasteiger partial charge is 0.310 e. The van der Waals surface area contributed by atoms with Gasteiger partial charge in [0.2, 0.25) is 0 Å². The monoisotopic (exact) mass is 470 g/mol. The van der Waals surface area contributed by atoms with Gasteiger partial charge >= 0.3 is 5.97 Å². The average Bonchev–Trinajstić information content (AvgIpc) is 3.31. The van der Waals surface area contributed by atoms with Crippen LogP contribution in [-0.2, 0) is 35.7 Å². The summed E-state index contributed by atoms with van der Waals surface area (Å²) < 4.78 is 17.1. The molecule has 0 spiro atoms. The van der Waals surface area contributed by atoms with Crippen molar-refractivity contribution in [1.82, 2.24) is 0 Å². The van der Waals surface area contributed by atoms with Crippen LogP contribution < -0.4 is 10.5 Å². The molecule has 0 bridgehead atoms. The molecule has 0 saturated carbocycles. The van der Waals surface area contributed by atoms with E-state index in [1.807, 2.05) is 36.4 Å². The van der Waals surface area contributed by atoms with Crippen molar-refractivity contribution in [2.24, 2.45) is 5.73 Å². The zero-order chi connectivity index (χ0) is 24.8. The van der Waals surface area contributed by atoms with Crippen molar-refractivity contribution in [2.75, 3.05) is 6.61 Å². The molecule has 0 aliphatic heterocycles. The van der Waals surface area contributed by atoms with Crippen LogP contribution >= 0.6 is 0 Å². The average molecular weight is 471 g/mol. The molecule has 7 heteroatoms. The molecular weight excluding hydrogens is 444 g/mol. The van der Waals surface area contributed by atoms with Gasteiger partial charge < -0.3 is 24.7 Å². The van der Waals surface area contributed by atoms with E-state index in [0.29, 0.717) is 41.4 Å². The number of hydrogen-bond donors (Lipinski definition) is 2. The number of furan rings is 1. The summed E-state index contributed by atoms with van der Waals surface area (Å²) >= 11 is 0. The molecule has 0 aliphatic rings. The molecular formula is C28H26N2O5. The number of aliphatic hydroxyl groups excluding tert-OH is 1. The molecule has 0 saturated heterocycles. The number of benzene rings is 3. The van der Waals surface area contributed by atoms with E-state index in [9.17, 15) is 15.2 Å². The molecule has 7 nitrogen and oxygen atoms in total. The first-order valence-electron chi connectivity index (χ1n) is 11.3. The van der Waals surface area contributed by atoms with Crippen LogP contribution in [0.1, 0.15) is 34.9 Å². The molecule has 0 amide bonds. The molecule has 0 aliphatic carbocycles. The van der Waals surface area contributed by atoms with Crippen LogP contribution in [0, 0.1) is 11.3 Å². The number of esters is 1. The van der Waals surface area contributed by atoms with E-state index in [1.54, 1.807) is 31.2 Å². The first-order chi connectivity index (χ1) is 17.0. The molecule has 178 valence electrons. The van der Waals surface area contributed by atoms with Gasteiger partial charge in [-0.3, -0.25) is 4.79 Å². The normalized spacial score (nSPS) is 10.8. The molecule has 0 radical (unpaired) electrons. The molecule has 1 heterocycles. The van der Waals surface area contributed by atoms with Crippen LogP contribution in [-0.4, -0.2) is 17.7 Å². The van der Waals surface area contributed by atoms with Crippen LogP contribution in [0.25, 0.3) is 22.1 Å². The highest BCUT2D eigenvalue weighted by Gasteiger charge is 2.15. The van der Waals surface area contributed by atoms with Gasteiger partial charge in [0.15, 0.2) is 0 Å². The lowest BCUT2D eigenvalue weighted by Gasteiger charge is -2.13. The Hall–Kier alpha value is -4.12. The Balaban J connectivity index is 1.70. The Bertz CT molecular complexity index is 1400. The Morgan fingerprint density at radius 2 is 1.97 bits per heavy atom. The van der Waals surface area contributed by atoms with E-state index in [0.717, 1.165) is 27.6 Å². The third-order valence-electron chi connectivity index (χ3n) is 5.59. The summed E-state index contributed by atoms with van der Waals surface area (Å²) in [5.41, 5.74) is 11.2. The minimum absolute atomic E-state index is 0.0483. The van der Waals surface area contributed by atoms with Crippen molar-refractivity contribution in [3.63, 3.8) is 0 Å². The number of nitriles is 1. The number of hydrogen-bond acceptors (Lipinski definition) is 7. The van der Waals surface area contributed by atoms with E-state index >= 15 is 0 Å². The lowest BCUT2D eigenvalue weighted by atomic mass is 9.99. The van der Waals surface area contributed by atoms with Gasteiger partial charge in [0.05, 0.1) is 24.7 Å². The van der Waals surface area contributed by atoms with Crippen LogP contribution in [0.2, 0.25) is 0 Å². The van der Waals surface area contributed by atoms with Gasteiger partial charge in [0.1, 0.15) is 30.3 Å². The largest absolute Gasteiger partial charge is 0.489 e. The summed E-state index contributed by atoms with van der Waals surface area (Å²) in [5, 5.41) is 19.7. The number of carbonyl (C=O) groups is 1. The summed E-state index contributed by atoms with van der Waals surface area (Å²) in [4.78, 5) is 12.0. The molecule has 0 atom stereocenters. The number of aliphatic hydroxyl groups is 1. The maximum Gasteiger partial charge on any atom is 0.310 e. The fraction of sp³-hybridized carbons (Fsp3) is 0.214. The fourth-order valence-corrected chi connectivity index (χ4v) is 3.94. The summed E-state index contributed by atoms with van der Waals surface area (Å²) in [7, 11) is 0. The Morgan fingerprint density at radius 3 is 2.71 bits per heavy atom. The Kier molecular flexibility index (Phi) is 7.46. The van der Waals surface area contributed by atoms with Gasteiger partial charge in [-0.25, -0.2) is 0 Å². The molecule has 3 aromatic carbocycles. The lowest BCUT2D eigenvalue weighted by Crippen LogP contribution is -2.09. The predicted molar refractivity (Wildman–Crippen MR) is 131 cm³/mol. The highest BCUT2D eigenvalue weighted by molar-refractivity contribution is 5.93. The number of fused-ring (bicyclic) bond motifs is 1. The van der Waals surface area contributed by atoms with E-state index in [4.69, 9.17) is 19.6 Å². The van der Waals surface area contributed by atoms with Crippen molar-refractivity contribution in [3.8, 4) is 22.9 Å². The molecule has 0 unspecified atom stereocenters. The van der Waals surface area contributed by atoms with Gasteiger partial charge in [-0.1, -0.05) is 24.3 Å². The first kappa shape index (κ1) is 24.0. The van der Waals surface area contributed by atoms with Crippen LogP contribution in [0.3, 0.4) is 0 Å². The van der Waals surface area contributed by atoms with Gasteiger partial charge in [0, 0.05) is 23.1 Å². The van der Waals surface area contributed by atoms with E-state index in [2.05, 4.69) is 6.07 Å². The van der Waals surface area contributed by atoms with Crippen molar-refractivity contribution in [1.29, 1.82) is 5.26 Å². The Labute approximate surface area is 203 Å². The summed E-state index contributed by atoms with van der Waals surface area (Å²) in [5.74, 6) is 0.556. The number of carbonyl (C=O) groups excluding carboxylic acids is 1. The van der Waals surface area contributed by atoms with E-state index < -0.39 is 0 Å². The number of nitrogens with two attached hydrogens (primary N) is 1. The van der Waals surface area contributed by atoms with Crippen LogP contribution in [0.5, 0.6) is 5.75 Å². The molecule has 35 heavy (non-hydrogen) atoms. The summed E-state index contributed by atoms with van der Waals surface area (Å²) in [6, 6.07) is 20.7. The number of nitrogens with zero attached hydrogens (tertiary/aromatic N) is 1. The van der Waals surface area contributed by atoms with Gasteiger partial charge in [-0.05, 0) is 60.0 Å². The van der Waals surface area contributed by atoms with Crippen LogP contribution in [0.15, 0.2) is 65.1 Å². The first-order valence-corrected chi connectivity index (χ1v) is 11.3. The zero-order valence-electron chi connectivity index (χ0n) is 19.4. The van der Waals surface area contributed by atoms with E-state index in [1.165, 1.54) is 0 Å². The lowest BCUT2D eigenvalue weighted by molar-refractivity contribution is -0.142. The summed E-state index contributed by atoms with van der Waals surface area (Å²) in [6.07, 6.45) is 0.0483. The van der Waals surface area contributed by atoms with Crippen molar-refractivity contribution in [2.45, 2.75) is 33.1 Å². The molecule has 0 fully saturated rings. The minimum atomic E-state index is -0.361. The second-order valence-corrected chi connectivity index (χ2v) is 8.04. The van der Waals surface area contributed by atoms with E-state index in [-0.39, 0.29) is 25.6 Å². The molecule has 3 N–H and O–H groups in total. The van der Waals surface area contributed by atoms with Crippen molar-refractivity contribution >= 4 is 16.9 Å². The molecule has 4 aromatic rings. The third kappa shape index (κ3) is 5.52. The quantitative estimate of drug-likeness (QED) is 0.343. The topological polar surface area (TPSA) is 119 Å². The maximum absolute atomic E-state index is 12.0. The van der Waals surface area contributed by atoms with Crippen molar-refractivity contribution in [3.05, 3.63) is 88.7 Å². The van der Waals surface area contributed by atoms with Gasteiger partial charge in [0.25, 0.3) is 0 Å². The minimum Gasteiger partial charge on any atom is -0.489 e. The summed E-state index contributed by atoms with van der Waals surface area (Å²) in [6.45, 7) is 2.45. The number of rotatable bonds is 9. The molecule has 1 aromatic heterocycles. The number of ether oxygens (including phenoxy) is 2. The predicted octanol–water partition coefficient (Wildman–Crippen LogP) is 4.61. The van der Waals surface area contributed by atoms with Gasteiger partial charge in [-0.2, -0.15) is 5.26 Å². The molecule has 4 rings (SSSR count). The Morgan fingerprint density at radius 1 is 1.11 bits per heavy atom. The maximum atomic E-state index is 12.0. The third-order valence-corrected chi connectivity index (χ3v) is 5.59. The van der Waals surface area contributed by atoms with Crippen molar-refractivity contribution < 1.29 is 23.8 Å². The van der Waals surface area contributed by atoms with Crippen LogP contribution in [0.4, 0.5) is 0 Å². The SMILES string of the molecule is CCOC(=O)Cc1ccc(C#N)cc1OCc1cc(-c2cccc(CN)c2)c2oc(CO)cc2c1. The van der Waals surface area contributed by atoms with Gasteiger partial charge in [-0.15, -0.1) is 0 Å². The second-order valence-electron chi connectivity index (χ2n) is 8.04. The highest BCUT2D eigenvalue weighted by Crippen LogP contribution is 2.34. The fourth-order valence-electron chi connectivity index (χ4n) is 3.94. The standard InChI is InChI=1S/C28H26N2O5/c1-2-33-27(32)13-22-7-6-19(15-30)11-26(22)34-17-20-9-23-12-24(16-31)35-28(23)25(10-20)21-5-3-4-18(8-21)14-29/h3-12,31H,2,13-14,16-17,29H2,1H3. The highest BCUT2D eigenvalue weighted by atomic mass is 16.5.